The highest BCUT2D eigenvalue weighted by Gasteiger charge is 2.38. The number of hydrogen-bond acceptors (Lipinski definition) is 0. The minimum Gasteiger partial charge on any atom is -0.337 e. The molecule has 0 amide bonds. The van der Waals surface area contributed by atoms with Crippen molar-refractivity contribution in [1.29, 1.82) is 0 Å². The molecule has 0 N–H and O–H groups in total. The summed E-state index contributed by atoms with van der Waals surface area (Å²) in [5.41, 5.74) is 15.8. The summed E-state index contributed by atoms with van der Waals surface area (Å²) < 4.78 is 3.72. The normalized spacial score (nSPS) is 12.6. The maximum Gasteiger partial charge on any atom is 0.360 e. The van der Waals surface area contributed by atoms with Gasteiger partial charge in [0, 0.05) is 44.5 Å². The average molecular weight is 1010 g/mol. The number of imidazole rings is 2. The molecular weight excluding hydrogens is 939 g/mol. The molecule has 2 aromatic heterocycles. The van der Waals surface area contributed by atoms with Crippen LogP contribution < -0.4 is 20.6 Å². The van der Waals surface area contributed by atoms with Gasteiger partial charge in [0.05, 0.1) is 0 Å². The number of nitrogens with zero attached hydrogens (tertiary/aromatic N) is 4. The van der Waals surface area contributed by atoms with Gasteiger partial charge in [-0.25, -0.2) is 18.3 Å². The number of halogens is 6. The van der Waals surface area contributed by atoms with E-state index in [2.05, 4.69) is 227 Å². The highest BCUT2D eigenvalue weighted by molar-refractivity contribution is 7.69. The van der Waals surface area contributed by atoms with Crippen LogP contribution in [-0.2, 0) is 0 Å². The maximum absolute atomic E-state index is 6.79. The van der Waals surface area contributed by atoms with E-state index in [1.165, 1.54) is 44.5 Å². The topological polar surface area (TPSA) is 17.6 Å². The van der Waals surface area contributed by atoms with Gasteiger partial charge in [-0.3, -0.25) is 0 Å². The molecule has 0 aliphatic carbocycles. The van der Waals surface area contributed by atoms with Gasteiger partial charge in [0.1, 0.15) is 59.0 Å². The van der Waals surface area contributed by atoms with E-state index in [4.69, 9.17) is 68.8 Å². The molecule has 4 nitrogen and oxygen atoms in total. The Balaban J connectivity index is 0.000000247. The molecule has 12 heteroatoms. The van der Waals surface area contributed by atoms with Gasteiger partial charge >= 0.3 is 8.78 Å². The highest BCUT2D eigenvalue weighted by Crippen LogP contribution is 2.36. The summed E-state index contributed by atoms with van der Waals surface area (Å²) in [5.74, 6) is 2.66. The van der Waals surface area contributed by atoms with Crippen LogP contribution in [0.4, 0.5) is 0 Å². The fraction of sp³-hybridized carbons (Fsp3) is 0.444. The van der Waals surface area contributed by atoms with Gasteiger partial charge in [-0.1, -0.05) is 184 Å². The van der Waals surface area contributed by atoms with Crippen molar-refractivity contribution in [3.63, 3.8) is 0 Å². The van der Waals surface area contributed by atoms with E-state index in [0.29, 0.717) is 58.8 Å². The van der Waals surface area contributed by atoms with Crippen LogP contribution in [0.25, 0.3) is 22.7 Å². The molecule has 0 saturated carbocycles. The van der Waals surface area contributed by atoms with Crippen LogP contribution in [0.1, 0.15) is 203 Å². The van der Waals surface area contributed by atoms with Crippen LogP contribution in [0.15, 0.2) is 97.6 Å². The second kappa shape index (κ2) is 21.9. The Bertz CT molecular complexity index is 2160. The zero-order chi connectivity index (χ0) is 49.3. The summed E-state index contributed by atoms with van der Waals surface area (Å²) >= 11 is 40.7. The first kappa shape index (κ1) is 54.1. The lowest BCUT2D eigenvalue weighted by atomic mass is 9.90. The molecule has 2 heterocycles. The quantitative estimate of drug-likeness (QED) is 0.0764. The summed E-state index contributed by atoms with van der Waals surface area (Å²) in [6.45, 7) is 35.4. The van der Waals surface area contributed by atoms with E-state index < -0.39 is 8.78 Å². The lowest BCUT2D eigenvalue weighted by molar-refractivity contribution is -0.577. The standard InChI is InChI=1S/2C27H36BCl3N2/c2*1-17(2)21-11-9-12-22(18(3)4)25(21)32-15-16-33(27(32)28(29,30)31)26-23(19(5)6)13-10-14-24(26)20(7)8/h2*9-20H,1-8H3. The van der Waals surface area contributed by atoms with Crippen molar-refractivity contribution in [1.82, 2.24) is 9.13 Å². The van der Waals surface area contributed by atoms with Gasteiger partial charge in [-0.2, -0.15) is 0 Å². The van der Waals surface area contributed by atoms with Gasteiger partial charge < -0.3 is 68.8 Å². The molecule has 0 radical (unpaired) electrons. The third-order valence-electron chi connectivity index (χ3n) is 12.6. The lowest BCUT2D eigenvalue weighted by Gasteiger charge is -2.25. The van der Waals surface area contributed by atoms with Gasteiger partial charge in [-0.15, -0.1) is 0 Å². The van der Waals surface area contributed by atoms with Crippen molar-refractivity contribution < 1.29 is 9.13 Å². The molecule has 66 heavy (non-hydrogen) atoms. The Kier molecular flexibility index (Phi) is 17.9. The van der Waals surface area contributed by atoms with Crippen LogP contribution in [0.3, 0.4) is 0 Å². The van der Waals surface area contributed by atoms with Crippen LogP contribution >= 0.6 is 68.8 Å². The van der Waals surface area contributed by atoms with E-state index in [9.17, 15) is 0 Å². The van der Waals surface area contributed by atoms with Crippen molar-refractivity contribution in [2.24, 2.45) is 0 Å². The summed E-state index contributed by atoms with van der Waals surface area (Å²) in [6, 6.07) is 26.0. The molecule has 0 spiro atoms. The third-order valence-corrected chi connectivity index (χ3v) is 13.8. The number of benzene rings is 4. The number of rotatable bonds is 14. The molecule has 356 valence electrons. The van der Waals surface area contributed by atoms with Gasteiger partial charge in [0.15, 0.2) is 0 Å². The minimum atomic E-state index is -2.39. The summed E-state index contributed by atoms with van der Waals surface area (Å²) in [6.07, 6.45) is 8.25. The predicted molar refractivity (Wildman–Crippen MR) is 293 cm³/mol. The molecule has 0 unspecified atom stereocenters. The van der Waals surface area contributed by atoms with E-state index in [-0.39, 0.29) is 0 Å². The number of para-hydroxylation sites is 4. The first-order chi connectivity index (χ1) is 30.7. The van der Waals surface area contributed by atoms with Gasteiger partial charge in [0.25, 0.3) is 0 Å². The van der Waals surface area contributed by atoms with Gasteiger partial charge in [0.2, 0.25) is 0 Å². The maximum atomic E-state index is 6.79. The first-order valence-corrected chi connectivity index (χ1v) is 26.5. The second-order valence-electron chi connectivity index (χ2n) is 20.3. The summed E-state index contributed by atoms with van der Waals surface area (Å²) in [7, 11) is 0. The van der Waals surface area contributed by atoms with E-state index in [1.54, 1.807) is 0 Å². The summed E-state index contributed by atoms with van der Waals surface area (Å²) in [4.78, 5) is 0. The molecule has 0 bridgehead atoms. The number of hydrogen-bond donors (Lipinski definition) is 0. The molecule has 4 aromatic carbocycles. The van der Waals surface area contributed by atoms with Crippen LogP contribution in [-0.4, -0.2) is 17.9 Å². The van der Waals surface area contributed by atoms with Crippen molar-refractivity contribution in [2.45, 2.75) is 158 Å². The van der Waals surface area contributed by atoms with Crippen molar-refractivity contribution in [3.8, 4) is 22.7 Å². The molecule has 0 fully saturated rings. The molecule has 6 rings (SSSR count). The Morgan fingerprint density at radius 2 is 0.530 bits per heavy atom. The molecule has 0 saturated heterocycles. The Morgan fingerprint density at radius 1 is 0.333 bits per heavy atom. The lowest BCUT2D eigenvalue weighted by Crippen LogP contribution is -2.58. The fourth-order valence-corrected chi connectivity index (χ4v) is 10.6. The van der Waals surface area contributed by atoms with Crippen LogP contribution in [0, 0.1) is 0 Å². The molecular formula is C54H72B2Cl6N4. The zero-order valence-electron chi connectivity index (χ0n) is 42.1. The SMILES string of the molecule is CC(C)c1cccc(C(C)C)c1-n1cc[n+](-c2c(C(C)C)cccc2C(C)C)c1[B-](Cl)(Cl)Cl.CC(C)c1cccc(C(C)C)c1-n1cc[n+](-c2c(C(C)C)cccc2C(C)C)c1[B-](Cl)(Cl)Cl. The van der Waals surface area contributed by atoms with Gasteiger partial charge in [-0.05, 0) is 47.3 Å². The summed E-state index contributed by atoms with van der Waals surface area (Å²) in [5, 5.41) is 0. The monoisotopic (exact) mass is 1010 g/mol. The molecule has 0 atom stereocenters. The first-order valence-electron chi connectivity index (χ1n) is 23.9. The van der Waals surface area contributed by atoms with Crippen molar-refractivity contribution >= 4 is 89.0 Å². The van der Waals surface area contributed by atoms with E-state index in [0.717, 1.165) is 22.7 Å². The zero-order valence-corrected chi connectivity index (χ0v) is 46.6. The highest BCUT2D eigenvalue weighted by atomic mass is 35.6. The smallest absolute Gasteiger partial charge is 0.337 e. The van der Waals surface area contributed by atoms with Crippen LogP contribution in [0.2, 0.25) is 0 Å². The molecule has 0 aliphatic heterocycles. The Morgan fingerprint density at radius 3 is 0.712 bits per heavy atom. The van der Waals surface area contributed by atoms with Crippen LogP contribution in [0.5, 0.6) is 0 Å². The Hall–Kier alpha value is -2.83. The fourth-order valence-electron chi connectivity index (χ4n) is 9.35. The minimum absolute atomic E-state index is 0.333. The van der Waals surface area contributed by atoms with E-state index in [1.807, 2.05) is 0 Å². The largest absolute Gasteiger partial charge is 0.360 e. The third kappa shape index (κ3) is 11.4. The second-order valence-corrected chi connectivity index (χ2v) is 25.6. The average Bonchev–Trinajstić information content (AvgIpc) is 3.88. The Labute approximate surface area is 427 Å². The molecule has 6 aromatic rings. The van der Waals surface area contributed by atoms with E-state index >= 15 is 0 Å². The molecule has 0 aliphatic rings. The predicted octanol–water partition coefficient (Wildman–Crippen LogP) is 16.2. The number of aromatic nitrogens is 4. The van der Waals surface area contributed by atoms with Crippen molar-refractivity contribution in [2.75, 3.05) is 0 Å². The van der Waals surface area contributed by atoms with Crippen molar-refractivity contribution in [3.05, 3.63) is 142 Å².